The highest BCUT2D eigenvalue weighted by molar-refractivity contribution is 4.93. The average Bonchev–Trinajstić information content (AvgIpc) is 2.69. The SMILES string of the molecule is CCCC(CC)N1CC2CCCNC2C1. The third-order valence-electron chi connectivity index (χ3n) is 4.24. The summed E-state index contributed by atoms with van der Waals surface area (Å²) in [5.74, 6) is 0.949. The number of rotatable bonds is 4. The molecule has 0 aromatic heterocycles. The van der Waals surface area contributed by atoms with Gasteiger partial charge in [-0.25, -0.2) is 0 Å². The lowest BCUT2D eigenvalue weighted by Gasteiger charge is -2.26. The molecular weight excluding hydrogens is 184 g/mol. The summed E-state index contributed by atoms with van der Waals surface area (Å²) in [7, 11) is 0. The second kappa shape index (κ2) is 5.31. The Morgan fingerprint density at radius 3 is 2.87 bits per heavy atom. The summed E-state index contributed by atoms with van der Waals surface area (Å²) in [6.45, 7) is 8.57. The molecule has 2 heteroatoms. The number of nitrogens with zero attached hydrogens (tertiary/aromatic N) is 1. The molecule has 0 spiro atoms. The van der Waals surface area contributed by atoms with Gasteiger partial charge in [-0.05, 0) is 38.1 Å². The van der Waals surface area contributed by atoms with E-state index < -0.39 is 0 Å². The Hall–Kier alpha value is -0.0800. The van der Waals surface area contributed by atoms with Crippen LogP contribution >= 0.6 is 0 Å². The van der Waals surface area contributed by atoms with Gasteiger partial charge in [0.1, 0.15) is 0 Å². The minimum Gasteiger partial charge on any atom is -0.312 e. The van der Waals surface area contributed by atoms with Crippen molar-refractivity contribution in [3.8, 4) is 0 Å². The molecule has 3 unspecified atom stereocenters. The maximum Gasteiger partial charge on any atom is 0.0235 e. The van der Waals surface area contributed by atoms with E-state index in [1.54, 1.807) is 0 Å². The van der Waals surface area contributed by atoms with Crippen molar-refractivity contribution in [2.45, 2.75) is 58.0 Å². The van der Waals surface area contributed by atoms with Crippen LogP contribution in [-0.4, -0.2) is 36.6 Å². The van der Waals surface area contributed by atoms with Crippen molar-refractivity contribution in [1.29, 1.82) is 0 Å². The minimum atomic E-state index is 0.810. The monoisotopic (exact) mass is 210 g/mol. The van der Waals surface area contributed by atoms with Crippen LogP contribution in [0.5, 0.6) is 0 Å². The van der Waals surface area contributed by atoms with E-state index in [1.807, 2.05) is 0 Å². The topological polar surface area (TPSA) is 15.3 Å². The average molecular weight is 210 g/mol. The van der Waals surface area contributed by atoms with Gasteiger partial charge in [-0.2, -0.15) is 0 Å². The number of likely N-dealkylation sites (tertiary alicyclic amines) is 1. The Bertz CT molecular complexity index is 179. The van der Waals surface area contributed by atoms with Gasteiger partial charge < -0.3 is 5.32 Å². The zero-order chi connectivity index (χ0) is 10.7. The van der Waals surface area contributed by atoms with Crippen LogP contribution in [-0.2, 0) is 0 Å². The lowest BCUT2D eigenvalue weighted by Crippen LogP contribution is -2.41. The molecule has 2 aliphatic rings. The van der Waals surface area contributed by atoms with Gasteiger partial charge in [-0.15, -0.1) is 0 Å². The number of fused-ring (bicyclic) bond motifs is 1. The molecule has 0 amide bonds. The molecule has 2 heterocycles. The minimum absolute atomic E-state index is 0.810. The van der Waals surface area contributed by atoms with Crippen LogP contribution < -0.4 is 5.32 Å². The molecule has 0 radical (unpaired) electrons. The number of hydrogen-bond donors (Lipinski definition) is 1. The zero-order valence-electron chi connectivity index (χ0n) is 10.3. The van der Waals surface area contributed by atoms with E-state index in [9.17, 15) is 0 Å². The van der Waals surface area contributed by atoms with E-state index in [1.165, 1.54) is 51.7 Å². The fourth-order valence-corrected chi connectivity index (χ4v) is 3.36. The highest BCUT2D eigenvalue weighted by atomic mass is 15.2. The molecule has 0 bridgehead atoms. The Balaban J connectivity index is 1.89. The molecule has 3 atom stereocenters. The maximum absolute atomic E-state index is 3.69. The molecule has 0 aliphatic carbocycles. The third kappa shape index (κ3) is 2.54. The first-order valence-corrected chi connectivity index (χ1v) is 6.82. The Labute approximate surface area is 94.4 Å². The normalized spacial score (nSPS) is 34.0. The van der Waals surface area contributed by atoms with E-state index in [2.05, 4.69) is 24.1 Å². The molecule has 0 aromatic rings. The van der Waals surface area contributed by atoms with E-state index >= 15 is 0 Å². The Kier molecular flexibility index (Phi) is 4.04. The van der Waals surface area contributed by atoms with E-state index in [0.29, 0.717) is 0 Å². The van der Waals surface area contributed by atoms with Crippen LogP contribution in [0.15, 0.2) is 0 Å². The highest BCUT2D eigenvalue weighted by Crippen LogP contribution is 2.28. The second-order valence-electron chi connectivity index (χ2n) is 5.27. The molecule has 1 N–H and O–H groups in total. The second-order valence-corrected chi connectivity index (χ2v) is 5.27. The van der Waals surface area contributed by atoms with Crippen molar-refractivity contribution in [1.82, 2.24) is 10.2 Å². The molecule has 88 valence electrons. The van der Waals surface area contributed by atoms with Gasteiger partial charge >= 0.3 is 0 Å². The third-order valence-corrected chi connectivity index (χ3v) is 4.24. The predicted octanol–water partition coefficient (Wildman–Crippen LogP) is 2.25. The van der Waals surface area contributed by atoms with Crippen LogP contribution in [0.25, 0.3) is 0 Å². The van der Waals surface area contributed by atoms with Crippen molar-refractivity contribution in [3.63, 3.8) is 0 Å². The van der Waals surface area contributed by atoms with Crippen LogP contribution in [0.3, 0.4) is 0 Å². The van der Waals surface area contributed by atoms with E-state index in [4.69, 9.17) is 0 Å². The molecule has 0 saturated carbocycles. The Morgan fingerprint density at radius 1 is 1.33 bits per heavy atom. The summed E-state index contributed by atoms with van der Waals surface area (Å²) in [4.78, 5) is 2.75. The van der Waals surface area contributed by atoms with Crippen molar-refractivity contribution < 1.29 is 0 Å². The number of piperidine rings is 1. The van der Waals surface area contributed by atoms with E-state index in [0.717, 1.165) is 18.0 Å². The van der Waals surface area contributed by atoms with Gasteiger partial charge in [0.25, 0.3) is 0 Å². The summed E-state index contributed by atoms with van der Waals surface area (Å²) in [6, 6.07) is 1.66. The summed E-state index contributed by atoms with van der Waals surface area (Å²) in [6.07, 6.45) is 6.89. The first-order valence-electron chi connectivity index (χ1n) is 6.82. The van der Waals surface area contributed by atoms with E-state index in [-0.39, 0.29) is 0 Å². The van der Waals surface area contributed by atoms with Crippen molar-refractivity contribution >= 4 is 0 Å². The zero-order valence-corrected chi connectivity index (χ0v) is 10.3. The fraction of sp³-hybridized carbons (Fsp3) is 1.00. The van der Waals surface area contributed by atoms with Gasteiger partial charge in [-0.1, -0.05) is 20.3 Å². The molecule has 2 saturated heterocycles. The van der Waals surface area contributed by atoms with Crippen molar-refractivity contribution in [3.05, 3.63) is 0 Å². The summed E-state index contributed by atoms with van der Waals surface area (Å²) in [5, 5.41) is 3.69. The van der Waals surface area contributed by atoms with Crippen LogP contribution in [0.1, 0.15) is 46.0 Å². The van der Waals surface area contributed by atoms with Gasteiger partial charge in [0.15, 0.2) is 0 Å². The first-order chi connectivity index (χ1) is 7.35. The lowest BCUT2D eigenvalue weighted by molar-refractivity contribution is 0.213. The lowest BCUT2D eigenvalue weighted by atomic mass is 9.94. The van der Waals surface area contributed by atoms with Crippen molar-refractivity contribution in [2.24, 2.45) is 5.92 Å². The molecule has 2 rings (SSSR count). The quantitative estimate of drug-likeness (QED) is 0.765. The van der Waals surface area contributed by atoms with Gasteiger partial charge in [-0.3, -0.25) is 4.90 Å². The molecule has 2 nitrogen and oxygen atoms in total. The number of hydrogen-bond acceptors (Lipinski definition) is 2. The predicted molar refractivity (Wildman–Crippen MR) is 65.1 cm³/mol. The maximum atomic E-state index is 3.69. The first kappa shape index (κ1) is 11.4. The van der Waals surface area contributed by atoms with Crippen LogP contribution in [0.2, 0.25) is 0 Å². The molecule has 2 aliphatic heterocycles. The summed E-state index contributed by atoms with van der Waals surface area (Å²) >= 11 is 0. The molecular formula is C13H26N2. The van der Waals surface area contributed by atoms with Crippen molar-refractivity contribution in [2.75, 3.05) is 19.6 Å². The molecule has 15 heavy (non-hydrogen) atoms. The largest absolute Gasteiger partial charge is 0.312 e. The summed E-state index contributed by atoms with van der Waals surface area (Å²) < 4.78 is 0. The van der Waals surface area contributed by atoms with Gasteiger partial charge in [0.05, 0.1) is 0 Å². The molecule has 0 aromatic carbocycles. The number of nitrogens with one attached hydrogen (secondary N) is 1. The van der Waals surface area contributed by atoms with Gasteiger partial charge in [0, 0.05) is 25.2 Å². The van der Waals surface area contributed by atoms with Gasteiger partial charge in [0.2, 0.25) is 0 Å². The Morgan fingerprint density at radius 2 is 2.20 bits per heavy atom. The smallest absolute Gasteiger partial charge is 0.0235 e. The standard InChI is InChI=1S/C13H26N2/c1-3-6-12(4-2)15-9-11-7-5-8-14-13(11)10-15/h11-14H,3-10H2,1-2H3. The fourth-order valence-electron chi connectivity index (χ4n) is 3.36. The highest BCUT2D eigenvalue weighted by Gasteiger charge is 2.36. The van der Waals surface area contributed by atoms with Crippen LogP contribution in [0, 0.1) is 5.92 Å². The molecule has 2 fully saturated rings. The van der Waals surface area contributed by atoms with Crippen LogP contribution in [0.4, 0.5) is 0 Å². The summed E-state index contributed by atoms with van der Waals surface area (Å²) in [5.41, 5.74) is 0.